The van der Waals surface area contributed by atoms with Gasteiger partial charge >= 0.3 is 6.09 Å². The van der Waals surface area contributed by atoms with E-state index in [1.807, 2.05) is 48.6 Å². The summed E-state index contributed by atoms with van der Waals surface area (Å²) in [5.41, 5.74) is 1.26. The fourth-order valence-electron chi connectivity index (χ4n) is 4.92. The van der Waals surface area contributed by atoms with E-state index in [2.05, 4.69) is 33.5 Å². The number of nitrogens with zero attached hydrogens (tertiary/aromatic N) is 1. The Morgan fingerprint density at radius 1 is 0.926 bits per heavy atom. The number of carboxylic acid groups (broad SMARTS) is 1. The maximum absolute atomic E-state index is 12.8. The summed E-state index contributed by atoms with van der Waals surface area (Å²) in [5.74, 6) is -1.73. The van der Waals surface area contributed by atoms with Gasteiger partial charge in [0.15, 0.2) is 0 Å². The molecule has 1 saturated heterocycles. The van der Waals surface area contributed by atoms with E-state index in [0.29, 0.717) is 31.5 Å². The largest absolute Gasteiger partial charge is 0.483 e. The van der Waals surface area contributed by atoms with Crippen LogP contribution in [-0.4, -0.2) is 90.9 Å². The number of ether oxygens (including phenoxy) is 1. The highest BCUT2D eigenvalue weighted by Gasteiger charge is 2.39. The van der Waals surface area contributed by atoms with Crippen LogP contribution in [0.3, 0.4) is 0 Å². The van der Waals surface area contributed by atoms with E-state index in [0.717, 1.165) is 12.1 Å². The fourth-order valence-corrected chi connectivity index (χ4v) is 4.92. The van der Waals surface area contributed by atoms with E-state index in [1.54, 1.807) is 38.1 Å². The topological polar surface area (TPSA) is 212 Å². The number of likely N-dealkylation sites (tertiary alicyclic amines) is 1. The van der Waals surface area contributed by atoms with Gasteiger partial charge in [0.1, 0.15) is 12.6 Å². The van der Waals surface area contributed by atoms with Crippen LogP contribution in [0.15, 0.2) is 24.3 Å². The fraction of sp³-hybridized carbons (Fsp3) is 0.667. The first-order chi connectivity index (χ1) is 25.6. The molecule has 1 heterocycles. The number of amides is 6. The first-order valence-corrected chi connectivity index (χ1v) is 19.1. The summed E-state index contributed by atoms with van der Waals surface area (Å²) in [6.07, 6.45) is 4.39. The Kier molecular flexibility index (Phi) is 29.5. The van der Waals surface area contributed by atoms with Gasteiger partial charge in [0, 0.05) is 37.0 Å². The number of hydrogen-bond donors (Lipinski definition) is 6. The molecule has 0 spiro atoms. The van der Waals surface area contributed by atoms with Crippen molar-refractivity contribution in [3.05, 3.63) is 29.8 Å². The van der Waals surface area contributed by atoms with E-state index >= 15 is 0 Å². The molecule has 1 aromatic rings. The van der Waals surface area contributed by atoms with E-state index in [9.17, 15) is 28.8 Å². The second kappa shape index (κ2) is 30.9. The number of imide groups is 1. The van der Waals surface area contributed by atoms with Crippen molar-refractivity contribution in [2.45, 2.75) is 126 Å². The van der Waals surface area contributed by atoms with Crippen molar-refractivity contribution < 1.29 is 43.4 Å². The number of unbranched alkanes of at least 4 members (excludes halogenated alkanes) is 3. The molecule has 0 radical (unpaired) electrons. The highest BCUT2D eigenvalue weighted by atomic mass is 16.5. The normalized spacial score (nSPS) is 13.7. The lowest BCUT2D eigenvalue weighted by molar-refractivity contribution is -0.140. The van der Waals surface area contributed by atoms with Gasteiger partial charge in [0.2, 0.25) is 29.5 Å². The molecule has 15 heteroatoms. The molecule has 6 amide bonds. The standard InChI is InChI=1S/C31H47N5O7.C5H13N.C2H6.CH2O2/c1-19(2)24-16-27(39)36(30(24)41)15-9-7-8-10-25(37)35-28(20(3)4)29(40)32-17-26(38)34-23-13-11-22(12-14-23)18-43-31(42)33-21(5)6;1-3-4-5-6-2;1-2;2-1-3/h11-14,19-21,24,28H,7-10,15-18H2,1-6H3,(H,32,40)(H,33,42)(H,34,38)(H,35,37);6H,3-5H2,1-2H3;1-2H3;1H,(H,2,3). The van der Waals surface area contributed by atoms with Crippen molar-refractivity contribution in [3.63, 3.8) is 0 Å². The van der Waals surface area contributed by atoms with Crippen molar-refractivity contribution in [1.29, 1.82) is 0 Å². The lowest BCUT2D eigenvalue weighted by Gasteiger charge is -2.21. The molecule has 2 unspecified atom stereocenters. The minimum Gasteiger partial charge on any atom is -0.483 e. The van der Waals surface area contributed by atoms with Gasteiger partial charge in [0.05, 0.1) is 6.54 Å². The maximum Gasteiger partial charge on any atom is 0.407 e. The Balaban J connectivity index is 0. The van der Waals surface area contributed by atoms with Gasteiger partial charge in [0.25, 0.3) is 6.47 Å². The molecular formula is C39H68N6O9. The predicted octanol–water partition coefficient (Wildman–Crippen LogP) is 4.84. The SMILES string of the molecule is CC.CC(C)NC(=O)OCc1ccc(NC(=O)CNC(=O)C(NC(=O)CCCCCN2C(=O)CC(C(C)C)C2=O)C(C)C)cc1.CCCCNC.O=CO. The number of nitrogens with one attached hydrogen (secondary N) is 5. The van der Waals surface area contributed by atoms with Gasteiger partial charge in [-0.2, -0.15) is 0 Å². The van der Waals surface area contributed by atoms with Crippen LogP contribution in [0.4, 0.5) is 10.5 Å². The first kappa shape index (κ1) is 51.6. The third kappa shape index (κ3) is 23.2. The molecule has 1 fully saturated rings. The van der Waals surface area contributed by atoms with Crippen LogP contribution in [0.5, 0.6) is 0 Å². The molecule has 15 nitrogen and oxygen atoms in total. The lowest BCUT2D eigenvalue weighted by Crippen LogP contribution is -2.51. The third-order valence-electron chi connectivity index (χ3n) is 7.85. The van der Waals surface area contributed by atoms with Crippen LogP contribution < -0.4 is 26.6 Å². The summed E-state index contributed by atoms with van der Waals surface area (Å²) in [7, 11) is 1.98. The Bertz CT molecular complexity index is 1250. The summed E-state index contributed by atoms with van der Waals surface area (Å²) in [4.78, 5) is 83.5. The summed E-state index contributed by atoms with van der Waals surface area (Å²) < 4.78 is 5.12. The molecule has 6 N–H and O–H groups in total. The summed E-state index contributed by atoms with van der Waals surface area (Å²) >= 11 is 0. The van der Waals surface area contributed by atoms with Crippen molar-refractivity contribution in [2.24, 2.45) is 17.8 Å². The number of benzene rings is 1. The molecule has 308 valence electrons. The molecule has 1 aliphatic rings. The second-order valence-electron chi connectivity index (χ2n) is 13.4. The van der Waals surface area contributed by atoms with E-state index in [1.165, 1.54) is 17.7 Å². The number of carbonyl (C=O) groups excluding carboxylic acids is 6. The molecule has 1 aliphatic heterocycles. The smallest absolute Gasteiger partial charge is 0.407 e. The second-order valence-corrected chi connectivity index (χ2v) is 13.4. The minimum atomic E-state index is -0.805. The zero-order valence-corrected chi connectivity index (χ0v) is 34.2. The molecular weight excluding hydrogens is 696 g/mol. The van der Waals surface area contributed by atoms with Crippen molar-refractivity contribution >= 4 is 47.8 Å². The van der Waals surface area contributed by atoms with E-state index in [-0.39, 0.29) is 74.0 Å². The number of anilines is 1. The molecule has 0 aromatic heterocycles. The van der Waals surface area contributed by atoms with Gasteiger partial charge < -0.3 is 36.4 Å². The van der Waals surface area contributed by atoms with Crippen molar-refractivity contribution in [2.75, 3.05) is 32.0 Å². The van der Waals surface area contributed by atoms with Gasteiger partial charge in [-0.05, 0) is 76.2 Å². The van der Waals surface area contributed by atoms with Crippen LogP contribution in [0.1, 0.15) is 113 Å². The molecule has 0 aliphatic carbocycles. The summed E-state index contributed by atoms with van der Waals surface area (Å²) in [6.45, 7) is 18.4. The van der Waals surface area contributed by atoms with Gasteiger partial charge in [-0.15, -0.1) is 0 Å². The molecule has 0 saturated carbocycles. The van der Waals surface area contributed by atoms with E-state index in [4.69, 9.17) is 14.6 Å². The Labute approximate surface area is 322 Å². The van der Waals surface area contributed by atoms with Crippen LogP contribution >= 0.6 is 0 Å². The monoisotopic (exact) mass is 765 g/mol. The Morgan fingerprint density at radius 3 is 2.02 bits per heavy atom. The van der Waals surface area contributed by atoms with Crippen molar-refractivity contribution in [1.82, 2.24) is 26.2 Å². The van der Waals surface area contributed by atoms with Crippen LogP contribution in [0, 0.1) is 17.8 Å². The summed E-state index contributed by atoms with van der Waals surface area (Å²) in [6, 6.07) is 5.93. The number of alkyl carbamates (subject to hydrolysis) is 1. The lowest BCUT2D eigenvalue weighted by atomic mass is 9.94. The van der Waals surface area contributed by atoms with Gasteiger partial charge in [-0.1, -0.05) is 73.4 Å². The molecule has 1 aromatic carbocycles. The first-order valence-electron chi connectivity index (χ1n) is 19.1. The number of carbonyl (C=O) groups is 7. The van der Waals surface area contributed by atoms with Crippen LogP contribution in [-0.2, 0) is 40.1 Å². The highest BCUT2D eigenvalue weighted by molar-refractivity contribution is 6.03. The average Bonchev–Trinajstić information content (AvgIpc) is 3.41. The molecule has 0 bridgehead atoms. The molecule has 2 atom stereocenters. The van der Waals surface area contributed by atoms with Gasteiger partial charge in [-0.3, -0.25) is 33.7 Å². The quantitative estimate of drug-likeness (QED) is 0.0641. The minimum absolute atomic E-state index is 0.0277. The molecule has 2 rings (SSSR count). The summed E-state index contributed by atoms with van der Waals surface area (Å²) in [5, 5.41) is 20.6. The Morgan fingerprint density at radius 2 is 1.54 bits per heavy atom. The number of rotatable bonds is 19. The maximum atomic E-state index is 12.8. The average molecular weight is 765 g/mol. The zero-order valence-electron chi connectivity index (χ0n) is 34.2. The van der Waals surface area contributed by atoms with E-state index < -0.39 is 23.9 Å². The predicted molar refractivity (Wildman–Crippen MR) is 210 cm³/mol. The van der Waals surface area contributed by atoms with Crippen molar-refractivity contribution in [3.8, 4) is 0 Å². The zero-order chi connectivity index (χ0) is 41.6. The van der Waals surface area contributed by atoms with Gasteiger partial charge in [-0.25, -0.2) is 4.79 Å². The number of hydrogen-bond acceptors (Lipinski definition) is 9. The Hall–Kier alpha value is -4.53. The molecule has 54 heavy (non-hydrogen) atoms. The third-order valence-corrected chi connectivity index (χ3v) is 7.85. The highest BCUT2D eigenvalue weighted by Crippen LogP contribution is 2.26. The van der Waals surface area contributed by atoms with Crippen LogP contribution in [0.2, 0.25) is 0 Å². The van der Waals surface area contributed by atoms with Crippen LogP contribution in [0.25, 0.3) is 0 Å².